The quantitative estimate of drug-likeness (QED) is 0.921. The third kappa shape index (κ3) is 2.63. The van der Waals surface area contributed by atoms with Crippen molar-refractivity contribution in [1.82, 2.24) is 10.1 Å². The first-order valence-corrected chi connectivity index (χ1v) is 7.23. The Morgan fingerprint density at radius 2 is 2.19 bits per heavy atom. The van der Waals surface area contributed by atoms with Crippen molar-refractivity contribution in [2.75, 3.05) is 18.5 Å². The summed E-state index contributed by atoms with van der Waals surface area (Å²) in [5.41, 5.74) is 3.51. The van der Waals surface area contributed by atoms with E-state index in [-0.39, 0.29) is 18.5 Å². The van der Waals surface area contributed by atoms with Crippen LogP contribution >= 0.6 is 12.4 Å². The van der Waals surface area contributed by atoms with Gasteiger partial charge in [0.1, 0.15) is 6.10 Å². The van der Waals surface area contributed by atoms with Gasteiger partial charge in [0.15, 0.2) is 0 Å². The Hall–Kier alpha value is -1.59. The fourth-order valence-corrected chi connectivity index (χ4v) is 2.97. The van der Waals surface area contributed by atoms with Crippen LogP contribution in [0.2, 0.25) is 0 Å². The average Bonchev–Trinajstić information content (AvgIpc) is 3.17. The van der Waals surface area contributed by atoms with Gasteiger partial charge in [-0.1, -0.05) is 11.2 Å². The summed E-state index contributed by atoms with van der Waals surface area (Å²) in [5, 5.41) is 7.51. The van der Waals surface area contributed by atoms with E-state index in [1.807, 2.05) is 6.07 Å². The molecule has 2 aliphatic heterocycles. The van der Waals surface area contributed by atoms with E-state index in [0.717, 1.165) is 44.4 Å². The van der Waals surface area contributed by atoms with Crippen molar-refractivity contribution in [3.05, 3.63) is 29.6 Å². The van der Waals surface area contributed by atoms with Crippen LogP contribution in [0.25, 0.3) is 11.5 Å². The van der Waals surface area contributed by atoms with Gasteiger partial charge in [-0.3, -0.25) is 0 Å². The minimum absolute atomic E-state index is 0. The maximum atomic E-state index is 5.60. The zero-order chi connectivity index (χ0) is 13.4. The molecule has 4 rings (SSSR count). The lowest BCUT2D eigenvalue weighted by Crippen LogP contribution is -2.12. The van der Waals surface area contributed by atoms with Crippen molar-refractivity contribution in [3.63, 3.8) is 0 Å². The van der Waals surface area contributed by atoms with Crippen LogP contribution in [0.5, 0.6) is 0 Å². The maximum absolute atomic E-state index is 5.60. The molecule has 112 valence electrons. The number of nitrogens with zero attached hydrogens (tertiary/aromatic N) is 2. The van der Waals surface area contributed by atoms with Crippen LogP contribution in [-0.4, -0.2) is 23.3 Å². The average molecular weight is 308 g/mol. The van der Waals surface area contributed by atoms with Crippen LogP contribution in [0.15, 0.2) is 22.7 Å². The summed E-state index contributed by atoms with van der Waals surface area (Å²) in [6.45, 7) is 1.82. The lowest BCUT2D eigenvalue weighted by molar-refractivity contribution is 0.103. The molecule has 1 aromatic carbocycles. The van der Waals surface area contributed by atoms with Crippen LogP contribution < -0.4 is 5.32 Å². The Balaban J connectivity index is 0.00000132. The molecule has 0 saturated carbocycles. The summed E-state index contributed by atoms with van der Waals surface area (Å²) in [4.78, 5) is 4.54. The molecule has 1 atom stereocenters. The summed E-state index contributed by atoms with van der Waals surface area (Å²) in [6.07, 6.45) is 4.24. The molecule has 0 aliphatic carbocycles. The molecule has 1 aromatic heterocycles. The van der Waals surface area contributed by atoms with E-state index in [9.17, 15) is 0 Å². The summed E-state index contributed by atoms with van der Waals surface area (Å²) in [7, 11) is 0. The summed E-state index contributed by atoms with van der Waals surface area (Å²) in [5.74, 6) is 1.29. The highest BCUT2D eigenvalue weighted by atomic mass is 35.5. The number of rotatable bonds is 2. The van der Waals surface area contributed by atoms with Crippen molar-refractivity contribution in [2.24, 2.45) is 0 Å². The van der Waals surface area contributed by atoms with Crippen LogP contribution in [0.1, 0.15) is 36.8 Å². The van der Waals surface area contributed by atoms with Crippen molar-refractivity contribution < 1.29 is 9.26 Å². The number of nitrogens with one attached hydrogen (secondary N) is 1. The molecule has 1 unspecified atom stereocenters. The number of halogens is 1. The number of ether oxygens (including phenoxy) is 1. The normalized spacial score (nSPS) is 20.5. The van der Waals surface area contributed by atoms with Crippen molar-refractivity contribution in [3.8, 4) is 11.5 Å². The van der Waals surface area contributed by atoms with Gasteiger partial charge in [0.05, 0.1) is 0 Å². The maximum Gasteiger partial charge on any atom is 0.258 e. The first kappa shape index (κ1) is 14.4. The molecule has 5 nitrogen and oxygen atoms in total. The Labute approximate surface area is 129 Å². The zero-order valence-electron chi connectivity index (χ0n) is 11.7. The first-order valence-electron chi connectivity index (χ1n) is 7.23. The van der Waals surface area contributed by atoms with Crippen LogP contribution in [-0.2, 0) is 11.2 Å². The topological polar surface area (TPSA) is 60.2 Å². The molecular weight excluding hydrogens is 290 g/mol. The van der Waals surface area contributed by atoms with Gasteiger partial charge in [0.25, 0.3) is 5.89 Å². The van der Waals surface area contributed by atoms with Gasteiger partial charge >= 0.3 is 0 Å². The van der Waals surface area contributed by atoms with E-state index in [0.29, 0.717) is 11.7 Å². The number of hydrogen-bond donors (Lipinski definition) is 1. The van der Waals surface area contributed by atoms with E-state index in [4.69, 9.17) is 9.26 Å². The molecule has 3 heterocycles. The number of hydrogen-bond acceptors (Lipinski definition) is 5. The van der Waals surface area contributed by atoms with E-state index in [1.165, 1.54) is 11.3 Å². The smallest absolute Gasteiger partial charge is 0.258 e. The monoisotopic (exact) mass is 307 g/mol. The highest BCUT2D eigenvalue weighted by Crippen LogP contribution is 2.33. The van der Waals surface area contributed by atoms with Crippen molar-refractivity contribution in [2.45, 2.75) is 31.8 Å². The van der Waals surface area contributed by atoms with E-state index < -0.39 is 0 Å². The summed E-state index contributed by atoms with van der Waals surface area (Å²) < 4.78 is 11.1. The predicted octanol–water partition coefficient (Wildman–Crippen LogP) is 3.37. The molecule has 1 N–H and O–H groups in total. The fraction of sp³-hybridized carbons (Fsp3) is 0.467. The molecule has 0 spiro atoms. The van der Waals surface area contributed by atoms with Gasteiger partial charge in [-0.15, -0.1) is 12.4 Å². The van der Waals surface area contributed by atoms with Crippen molar-refractivity contribution in [1.29, 1.82) is 0 Å². The zero-order valence-corrected chi connectivity index (χ0v) is 12.5. The molecular formula is C15H18ClN3O2. The second kappa shape index (κ2) is 6.03. The van der Waals surface area contributed by atoms with Gasteiger partial charge in [-0.2, -0.15) is 4.98 Å². The summed E-state index contributed by atoms with van der Waals surface area (Å²) >= 11 is 0. The predicted molar refractivity (Wildman–Crippen MR) is 81.7 cm³/mol. The number of fused-ring (bicyclic) bond motifs is 1. The number of aromatic nitrogens is 2. The molecule has 2 aliphatic rings. The molecule has 1 fully saturated rings. The van der Waals surface area contributed by atoms with Crippen LogP contribution in [0.3, 0.4) is 0 Å². The lowest BCUT2D eigenvalue weighted by Gasteiger charge is -2.19. The molecule has 21 heavy (non-hydrogen) atoms. The summed E-state index contributed by atoms with van der Waals surface area (Å²) in [6, 6.07) is 6.19. The first-order chi connectivity index (χ1) is 9.92. The Morgan fingerprint density at radius 3 is 3.05 bits per heavy atom. The van der Waals surface area contributed by atoms with Gasteiger partial charge in [-0.05, 0) is 43.4 Å². The van der Waals surface area contributed by atoms with E-state index >= 15 is 0 Å². The highest BCUT2D eigenvalue weighted by molar-refractivity contribution is 5.85. The second-order valence-corrected chi connectivity index (χ2v) is 5.32. The number of benzene rings is 1. The second-order valence-electron chi connectivity index (χ2n) is 5.32. The lowest BCUT2D eigenvalue weighted by atomic mass is 9.97. The third-order valence-corrected chi connectivity index (χ3v) is 3.98. The minimum atomic E-state index is 0. The van der Waals surface area contributed by atoms with E-state index in [2.05, 4.69) is 27.6 Å². The SMILES string of the molecule is Cl.c1cc2c(c(-c3nc(C4CCCO4)no3)c1)CCCN2. The minimum Gasteiger partial charge on any atom is -0.385 e. The Morgan fingerprint density at radius 1 is 1.24 bits per heavy atom. The van der Waals surface area contributed by atoms with Crippen molar-refractivity contribution >= 4 is 18.1 Å². The van der Waals surface area contributed by atoms with Gasteiger partial charge in [0.2, 0.25) is 5.82 Å². The molecule has 6 heteroatoms. The number of anilines is 1. The molecule has 0 radical (unpaired) electrons. The van der Waals surface area contributed by atoms with E-state index in [1.54, 1.807) is 0 Å². The van der Waals surface area contributed by atoms with Gasteiger partial charge in [-0.25, -0.2) is 0 Å². The molecule has 0 bridgehead atoms. The molecule has 1 saturated heterocycles. The fourth-order valence-electron chi connectivity index (χ4n) is 2.97. The third-order valence-electron chi connectivity index (χ3n) is 3.98. The molecule has 0 amide bonds. The Kier molecular flexibility index (Phi) is 4.12. The molecule has 2 aromatic rings. The van der Waals surface area contributed by atoms with Gasteiger partial charge in [0, 0.05) is 24.4 Å². The standard InChI is InChI=1S/C15H17N3O2.ClH/c1-4-11(10-5-2-8-16-12(10)6-1)15-17-14(18-20-15)13-7-3-9-19-13;/h1,4,6,13,16H,2-3,5,7-9H2;1H. The Bertz CT molecular complexity index is 623. The largest absolute Gasteiger partial charge is 0.385 e. The highest BCUT2D eigenvalue weighted by Gasteiger charge is 2.24. The van der Waals surface area contributed by atoms with Crippen LogP contribution in [0.4, 0.5) is 5.69 Å². The van der Waals surface area contributed by atoms with Gasteiger partial charge < -0.3 is 14.6 Å². The van der Waals surface area contributed by atoms with Crippen LogP contribution in [0, 0.1) is 0 Å².